The number of aromatic amines is 2. The van der Waals surface area contributed by atoms with Crippen LogP contribution in [0.25, 0.3) is 22.3 Å². The number of para-hydroxylation sites is 2. The van der Waals surface area contributed by atoms with Gasteiger partial charge >= 0.3 is 5.97 Å². The zero-order chi connectivity index (χ0) is 19.8. The van der Waals surface area contributed by atoms with E-state index in [4.69, 9.17) is 9.72 Å². The molecule has 4 rings (SSSR count). The van der Waals surface area contributed by atoms with Crippen LogP contribution in [0.4, 0.5) is 0 Å². The summed E-state index contributed by atoms with van der Waals surface area (Å²) in [4.78, 5) is 32.7. The lowest BCUT2D eigenvalue weighted by molar-refractivity contribution is 0.0600. The summed E-state index contributed by atoms with van der Waals surface area (Å²) >= 11 is 0. The average molecular weight is 379 g/mol. The van der Waals surface area contributed by atoms with Crippen molar-refractivity contribution < 1.29 is 9.53 Å². The third-order valence-corrected chi connectivity index (χ3v) is 5.18. The summed E-state index contributed by atoms with van der Waals surface area (Å²) in [6.07, 6.45) is 4.28. The first kappa shape index (κ1) is 18.0. The summed E-state index contributed by atoms with van der Waals surface area (Å²) in [5, 5.41) is 6.40. The highest BCUT2D eigenvalue weighted by molar-refractivity contribution is 5.96. The van der Waals surface area contributed by atoms with Crippen LogP contribution < -0.4 is 5.56 Å². The van der Waals surface area contributed by atoms with Crippen LogP contribution in [0, 0.1) is 5.92 Å². The Bertz CT molecular complexity index is 1140. The van der Waals surface area contributed by atoms with Crippen LogP contribution in [0.15, 0.2) is 41.5 Å². The Balaban J connectivity index is 1.95. The minimum Gasteiger partial charge on any atom is -0.465 e. The number of carbonyl (C=O) groups excluding carboxylic acids is 1. The fourth-order valence-corrected chi connectivity index (χ4v) is 3.52. The van der Waals surface area contributed by atoms with Gasteiger partial charge in [-0.25, -0.2) is 14.9 Å². The van der Waals surface area contributed by atoms with E-state index in [2.05, 4.69) is 29.0 Å². The molecular weight excluding hydrogens is 358 g/mol. The van der Waals surface area contributed by atoms with E-state index in [1.54, 1.807) is 12.4 Å². The van der Waals surface area contributed by atoms with Gasteiger partial charge in [0.05, 0.1) is 29.7 Å². The molecule has 1 aromatic heterocycles. The predicted octanol–water partition coefficient (Wildman–Crippen LogP) is 2.97. The van der Waals surface area contributed by atoms with E-state index in [1.165, 1.54) is 7.11 Å². The number of hydrogen-bond donors (Lipinski definition) is 2. The lowest BCUT2D eigenvalue weighted by Gasteiger charge is -2.25. The molecule has 2 aromatic rings. The fourth-order valence-electron chi connectivity index (χ4n) is 3.52. The monoisotopic (exact) mass is 379 g/mol. The molecule has 0 unspecified atom stereocenters. The minimum atomic E-state index is -0.543. The number of ether oxygens (including phenoxy) is 1. The van der Waals surface area contributed by atoms with Crippen molar-refractivity contribution in [3.05, 3.63) is 58.4 Å². The third-order valence-electron chi connectivity index (χ3n) is 5.18. The van der Waals surface area contributed by atoms with Gasteiger partial charge in [0.1, 0.15) is 17.1 Å². The maximum Gasteiger partial charge on any atom is 0.341 e. The second-order valence-electron chi connectivity index (χ2n) is 6.90. The molecule has 144 valence electrons. The van der Waals surface area contributed by atoms with Crippen molar-refractivity contribution in [3.63, 3.8) is 0 Å². The number of rotatable bonds is 5. The van der Waals surface area contributed by atoms with Gasteiger partial charge in [0, 0.05) is 12.4 Å². The highest BCUT2D eigenvalue weighted by Crippen LogP contribution is 2.31. The number of fused-ring (bicyclic) bond motifs is 2. The van der Waals surface area contributed by atoms with Crippen molar-refractivity contribution in [2.75, 3.05) is 7.11 Å². The molecule has 0 bridgehead atoms. The molecule has 0 radical (unpaired) electrons. The van der Waals surface area contributed by atoms with Crippen molar-refractivity contribution in [2.45, 2.75) is 26.3 Å². The second-order valence-corrected chi connectivity index (χ2v) is 6.90. The van der Waals surface area contributed by atoms with Crippen molar-refractivity contribution >= 4 is 17.0 Å². The molecule has 28 heavy (non-hydrogen) atoms. The zero-order valence-corrected chi connectivity index (χ0v) is 15.9. The molecule has 0 saturated heterocycles. The molecule has 2 aliphatic heterocycles. The average Bonchev–Trinajstić information content (AvgIpc) is 3.30. The number of methoxy groups -OCH3 is 1. The van der Waals surface area contributed by atoms with Crippen LogP contribution >= 0.6 is 0 Å². The lowest BCUT2D eigenvalue weighted by atomic mass is 9.97. The van der Waals surface area contributed by atoms with Crippen LogP contribution in [0.3, 0.4) is 0 Å². The van der Waals surface area contributed by atoms with Crippen molar-refractivity contribution in [2.24, 2.45) is 5.92 Å². The summed E-state index contributed by atoms with van der Waals surface area (Å²) in [5.74, 6) is 0.417. The van der Waals surface area contributed by atoms with Crippen LogP contribution in [0.2, 0.25) is 0 Å². The fraction of sp³-hybridized carbons (Fsp3) is 0.300. The van der Waals surface area contributed by atoms with Crippen LogP contribution in [-0.2, 0) is 4.74 Å². The normalized spacial score (nSPS) is 13.7. The van der Waals surface area contributed by atoms with Crippen LogP contribution in [0.5, 0.6) is 0 Å². The molecule has 3 heterocycles. The summed E-state index contributed by atoms with van der Waals surface area (Å²) in [6.45, 7) is 4.21. The van der Waals surface area contributed by atoms with Gasteiger partial charge in [-0.1, -0.05) is 32.4 Å². The molecule has 0 amide bonds. The molecule has 0 spiro atoms. The number of esters is 1. The number of imidazole rings is 1. The van der Waals surface area contributed by atoms with Crippen molar-refractivity contribution in [3.8, 4) is 11.3 Å². The first-order chi connectivity index (χ1) is 13.5. The number of nitrogens with zero attached hydrogens (tertiary/aromatic N) is 3. The van der Waals surface area contributed by atoms with E-state index < -0.39 is 5.97 Å². The Morgan fingerprint density at radius 2 is 2.07 bits per heavy atom. The molecule has 2 atom stereocenters. The largest absolute Gasteiger partial charge is 0.465 e. The molecule has 8 heteroatoms. The molecule has 8 nitrogen and oxygen atoms in total. The van der Waals surface area contributed by atoms with E-state index in [0.717, 1.165) is 23.3 Å². The number of benzene rings is 1. The standard InChI is InChI=1S/C20H21N5O3/c1-4-11(2)17(18-21-14-7-5-6-8-15(14)22-18)25-9-12-16(23-24-19(12)26)13(10-25)20(27)28-3/h5-11,17H,4H2,1-3H3,(H,21,22)(H,24,26)/t11-,17-/m1/s1. The Labute approximate surface area is 160 Å². The molecule has 2 aliphatic rings. The third kappa shape index (κ3) is 2.87. The van der Waals surface area contributed by atoms with Crippen molar-refractivity contribution in [1.29, 1.82) is 0 Å². The molecule has 2 N–H and O–H groups in total. The number of hydrogen-bond acceptors (Lipinski definition) is 5. The highest BCUT2D eigenvalue weighted by Gasteiger charge is 2.28. The Hall–Kier alpha value is -3.42. The second kappa shape index (κ2) is 6.95. The van der Waals surface area contributed by atoms with Gasteiger partial charge in [-0.15, -0.1) is 0 Å². The maximum atomic E-state index is 12.3. The summed E-state index contributed by atoms with van der Waals surface area (Å²) in [5.41, 5.74) is 2.35. The highest BCUT2D eigenvalue weighted by atomic mass is 16.5. The SMILES string of the molecule is CC[C@@H](C)[C@H](c1nc2ccccc2[nH]1)n1cc(C(=O)OC)c2n[nH]c(=O)c-2c1. The van der Waals surface area contributed by atoms with Gasteiger partial charge in [0.15, 0.2) is 0 Å². The molecule has 1 aromatic carbocycles. The number of H-pyrrole nitrogens is 2. The zero-order valence-electron chi connectivity index (χ0n) is 15.9. The Kier molecular flexibility index (Phi) is 4.46. The number of pyridine rings is 1. The van der Waals surface area contributed by atoms with E-state index >= 15 is 0 Å². The van der Waals surface area contributed by atoms with Gasteiger partial charge in [-0.05, 0) is 18.1 Å². The lowest BCUT2D eigenvalue weighted by Crippen LogP contribution is -2.22. The number of carbonyl (C=O) groups is 1. The number of aromatic nitrogens is 5. The molecular formula is C20H21N5O3. The van der Waals surface area contributed by atoms with Gasteiger partial charge in [0.2, 0.25) is 0 Å². The summed E-state index contributed by atoms with van der Waals surface area (Å²) in [7, 11) is 1.31. The Morgan fingerprint density at radius 3 is 2.79 bits per heavy atom. The van der Waals surface area contributed by atoms with E-state index in [1.807, 2.05) is 28.8 Å². The topological polar surface area (TPSA) is 106 Å². The molecule has 0 fully saturated rings. The maximum absolute atomic E-state index is 12.3. The minimum absolute atomic E-state index is 0.190. The quantitative estimate of drug-likeness (QED) is 0.519. The first-order valence-electron chi connectivity index (χ1n) is 9.16. The van der Waals surface area contributed by atoms with Gasteiger partial charge in [-0.2, -0.15) is 5.10 Å². The summed E-state index contributed by atoms with van der Waals surface area (Å²) < 4.78 is 6.76. The van der Waals surface area contributed by atoms with Gasteiger partial charge < -0.3 is 14.3 Å². The van der Waals surface area contributed by atoms with Gasteiger partial charge in [-0.3, -0.25) is 4.79 Å². The first-order valence-corrected chi connectivity index (χ1v) is 9.16. The smallest absolute Gasteiger partial charge is 0.341 e. The van der Waals surface area contributed by atoms with E-state index in [9.17, 15) is 9.59 Å². The van der Waals surface area contributed by atoms with Crippen LogP contribution in [-0.4, -0.2) is 37.8 Å². The molecule has 0 aliphatic carbocycles. The Morgan fingerprint density at radius 1 is 1.29 bits per heavy atom. The van der Waals surface area contributed by atoms with Crippen LogP contribution in [0.1, 0.15) is 42.5 Å². The van der Waals surface area contributed by atoms with Gasteiger partial charge in [0.25, 0.3) is 5.56 Å². The molecule has 0 saturated carbocycles. The van der Waals surface area contributed by atoms with Crippen molar-refractivity contribution in [1.82, 2.24) is 24.7 Å². The summed E-state index contributed by atoms with van der Waals surface area (Å²) in [6, 6.07) is 7.61. The number of nitrogens with one attached hydrogen (secondary N) is 2. The van der Waals surface area contributed by atoms with E-state index in [0.29, 0.717) is 11.3 Å². The van der Waals surface area contributed by atoms with E-state index in [-0.39, 0.29) is 23.1 Å². The predicted molar refractivity (Wildman–Crippen MR) is 104 cm³/mol.